The molecule has 2 aliphatic rings. The van der Waals surface area contributed by atoms with Gasteiger partial charge in [-0.25, -0.2) is 0 Å². The Kier molecular flexibility index (Phi) is 2.68. The third-order valence-electron chi connectivity index (χ3n) is 5.15. The summed E-state index contributed by atoms with van der Waals surface area (Å²) < 4.78 is 0. The molecule has 0 amide bonds. The molecular formula is C21H20. The molecule has 2 aliphatic carbocycles. The molecule has 0 radical (unpaired) electrons. The van der Waals surface area contributed by atoms with Gasteiger partial charge in [0.05, 0.1) is 0 Å². The van der Waals surface area contributed by atoms with E-state index in [1.165, 1.54) is 33.4 Å². The molecule has 0 aliphatic heterocycles. The van der Waals surface area contributed by atoms with E-state index in [0.717, 1.165) is 12.8 Å². The number of fused-ring (bicyclic) bond motifs is 2. The smallest absolute Gasteiger partial charge is 0.0280 e. The van der Waals surface area contributed by atoms with Gasteiger partial charge in [-0.1, -0.05) is 71.8 Å². The first kappa shape index (κ1) is 12.6. The van der Waals surface area contributed by atoms with Crippen LogP contribution >= 0.6 is 0 Å². The van der Waals surface area contributed by atoms with E-state index in [1.54, 1.807) is 0 Å². The third-order valence-corrected chi connectivity index (χ3v) is 5.15. The summed E-state index contributed by atoms with van der Waals surface area (Å²) in [5.74, 6) is 0. The van der Waals surface area contributed by atoms with Gasteiger partial charge in [0, 0.05) is 5.41 Å². The maximum absolute atomic E-state index is 2.41. The van der Waals surface area contributed by atoms with Crippen LogP contribution in [0.3, 0.4) is 0 Å². The summed E-state index contributed by atoms with van der Waals surface area (Å²) in [6.45, 7) is 4.42. The Labute approximate surface area is 126 Å². The summed E-state index contributed by atoms with van der Waals surface area (Å²) >= 11 is 0. The summed E-state index contributed by atoms with van der Waals surface area (Å²) in [6.07, 6.45) is 7.07. The molecule has 0 fully saturated rings. The fraction of sp³-hybridized carbons (Fsp3) is 0.238. The van der Waals surface area contributed by atoms with Crippen LogP contribution in [0, 0.1) is 6.92 Å². The van der Waals surface area contributed by atoms with E-state index in [-0.39, 0.29) is 5.41 Å². The molecule has 0 nitrogen and oxygen atoms in total. The fourth-order valence-corrected chi connectivity index (χ4v) is 3.91. The lowest BCUT2D eigenvalue weighted by Gasteiger charge is -2.36. The minimum atomic E-state index is 0.159. The maximum atomic E-state index is 2.41. The molecule has 0 aromatic heterocycles. The SMILES string of the molecule is CC1=CCC2(c3ccc(C)cc3)Cc3ccccc3C=C12. The average Bonchev–Trinajstić information content (AvgIpc) is 2.83. The van der Waals surface area contributed by atoms with Gasteiger partial charge in [0.2, 0.25) is 0 Å². The molecule has 2 aromatic carbocycles. The van der Waals surface area contributed by atoms with E-state index in [2.05, 4.69) is 74.5 Å². The minimum Gasteiger partial charge on any atom is -0.0801 e. The maximum Gasteiger partial charge on any atom is 0.0280 e. The molecule has 0 saturated heterocycles. The lowest BCUT2D eigenvalue weighted by molar-refractivity contribution is 0.528. The first-order chi connectivity index (χ1) is 10.2. The van der Waals surface area contributed by atoms with Crippen molar-refractivity contribution in [3.8, 4) is 0 Å². The van der Waals surface area contributed by atoms with E-state index >= 15 is 0 Å². The van der Waals surface area contributed by atoms with Gasteiger partial charge in [-0.15, -0.1) is 0 Å². The quantitative estimate of drug-likeness (QED) is 0.667. The number of rotatable bonds is 1. The van der Waals surface area contributed by atoms with Crippen LogP contribution in [0.15, 0.2) is 65.8 Å². The number of benzene rings is 2. The number of hydrogen-bond acceptors (Lipinski definition) is 0. The molecule has 0 spiro atoms. The standard InChI is InChI=1S/C21H20/c1-15-7-9-19(10-8-15)21-12-11-16(2)20(21)13-17-5-3-4-6-18(17)14-21/h3-11,13H,12,14H2,1-2H3. The first-order valence-corrected chi connectivity index (χ1v) is 7.73. The van der Waals surface area contributed by atoms with Gasteiger partial charge in [-0.2, -0.15) is 0 Å². The Morgan fingerprint density at radius 3 is 2.48 bits per heavy atom. The lowest BCUT2D eigenvalue weighted by atomic mass is 9.66. The Bertz CT molecular complexity index is 759. The van der Waals surface area contributed by atoms with Gasteiger partial charge in [0.15, 0.2) is 0 Å². The topological polar surface area (TPSA) is 0 Å². The van der Waals surface area contributed by atoms with Crippen molar-refractivity contribution in [2.45, 2.75) is 32.1 Å². The van der Waals surface area contributed by atoms with E-state index < -0.39 is 0 Å². The van der Waals surface area contributed by atoms with E-state index in [0.29, 0.717) is 0 Å². The highest BCUT2D eigenvalue weighted by atomic mass is 14.4. The van der Waals surface area contributed by atoms with Crippen LogP contribution in [0.4, 0.5) is 0 Å². The Morgan fingerprint density at radius 2 is 1.67 bits per heavy atom. The van der Waals surface area contributed by atoms with E-state index in [1.807, 2.05) is 0 Å². The van der Waals surface area contributed by atoms with Crippen LogP contribution in [0.2, 0.25) is 0 Å². The van der Waals surface area contributed by atoms with Crippen molar-refractivity contribution in [2.24, 2.45) is 0 Å². The van der Waals surface area contributed by atoms with Gasteiger partial charge in [0.25, 0.3) is 0 Å². The first-order valence-electron chi connectivity index (χ1n) is 7.73. The molecule has 4 rings (SSSR count). The zero-order valence-electron chi connectivity index (χ0n) is 12.7. The molecule has 0 saturated carbocycles. The number of aryl methyl sites for hydroxylation is 1. The molecule has 0 heteroatoms. The monoisotopic (exact) mass is 272 g/mol. The number of allylic oxidation sites excluding steroid dienone is 3. The zero-order valence-corrected chi connectivity index (χ0v) is 12.7. The largest absolute Gasteiger partial charge is 0.0801 e. The second kappa shape index (κ2) is 4.46. The van der Waals surface area contributed by atoms with Gasteiger partial charge in [-0.05, 0) is 49.0 Å². The summed E-state index contributed by atoms with van der Waals surface area (Å²) in [5.41, 5.74) is 8.79. The lowest BCUT2D eigenvalue weighted by Crippen LogP contribution is -2.31. The second-order valence-electron chi connectivity index (χ2n) is 6.47. The Balaban J connectivity index is 1.91. The summed E-state index contributed by atoms with van der Waals surface area (Å²) in [4.78, 5) is 0. The van der Waals surface area contributed by atoms with Gasteiger partial charge in [-0.3, -0.25) is 0 Å². The molecule has 104 valence electrons. The van der Waals surface area contributed by atoms with Crippen LogP contribution < -0.4 is 0 Å². The van der Waals surface area contributed by atoms with Crippen LogP contribution in [0.5, 0.6) is 0 Å². The van der Waals surface area contributed by atoms with Crippen LogP contribution in [0.1, 0.15) is 35.6 Å². The number of hydrogen-bond donors (Lipinski definition) is 0. The van der Waals surface area contributed by atoms with E-state index in [4.69, 9.17) is 0 Å². The van der Waals surface area contributed by atoms with Gasteiger partial charge >= 0.3 is 0 Å². The zero-order chi connectivity index (χ0) is 14.4. The van der Waals surface area contributed by atoms with Gasteiger partial charge < -0.3 is 0 Å². The van der Waals surface area contributed by atoms with Crippen molar-refractivity contribution in [1.29, 1.82) is 0 Å². The predicted molar refractivity (Wildman–Crippen MR) is 89.4 cm³/mol. The van der Waals surface area contributed by atoms with Crippen LogP contribution in [-0.4, -0.2) is 0 Å². The molecule has 0 heterocycles. The molecule has 1 atom stereocenters. The van der Waals surface area contributed by atoms with Crippen LogP contribution in [0.25, 0.3) is 6.08 Å². The molecule has 0 N–H and O–H groups in total. The molecule has 2 aromatic rings. The Hall–Kier alpha value is -2.08. The van der Waals surface area contributed by atoms with E-state index in [9.17, 15) is 0 Å². The molecule has 0 bridgehead atoms. The summed E-state index contributed by atoms with van der Waals surface area (Å²) in [7, 11) is 0. The third kappa shape index (κ3) is 1.82. The highest BCUT2D eigenvalue weighted by molar-refractivity contribution is 5.71. The molecular weight excluding hydrogens is 252 g/mol. The average molecular weight is 272 g/mol. The van der Waals surface area contributed by atoms with Crippen LogP contribution in [-0.2, 0) is 11.8 Å². The summed E-state index contributed by atoms with van der Waals surface area (Å²) in [6, 6.07) is 18.0. The van der Waals surface area contributed by atoms with Crippen molar-refractivity contribution < 1.29 is 0 Å². The highest BCUT2D eigenvalue weighted by Gasteiger charge is 2.42. The van der Waals surface area contributed by atoms with Crippen molar-refractivity contribution in [2.75, 3.05) is 0 Å². The van der Waals surface area contributed by atoms with Gasteiger partial charge in [0.1, 0.15) is 0 Å². The predicted octanol–water partition coefficient (Wildman–Crippen LogP) is 5.22. The van der Waals surface area contributed by atoms with Crippen molar-refractivity contribution in [3.63, 3.8) is 0 Å². The molecule has 21 heavy (non-hydrogen) atoms. The second-order valence-corrected chi connectivity index (χ2v) is 6.47. The minimum absolute atomic E-state index is 0.159. The van der Waals surface area contributed by atoms with Crippen molar-refractivity contribution in [3.05, 3.63) is 88.0 Å². The summed E-state index contributed by atoms with van der Waals surface area (Å²) in [5, 5.41) is 0. The van der Waals surface area contributed by atoms with Crippen molar-refractivity contribution in [1.82, 2.24) is 0 Å². The normalized spacial score (nSPS) is 23.1. The highest BCUT2D eigenvalue weighted by Crippen LogP contribution is 2.50. The molecule has 1 unspecified atom stereocenters. The van der Waals surface area contributed by atoms with Crippen molar-refractivity contribution >= 4 is 6.08 Å². The Morgan fingerprint density at radius 1 is 0.905 bits per heavy atom. The fourth-order valence-electron chi connectivity index (χ4n) is 3.91.